The molecule has 1 aliphatic rings. The molecule has 0 spiro atoms. The average molecular weight is 334 g/mol. The summed E-state index contributed by atoms with van der Waals surface area (Å²) >= 11 is 5.93. The number of hydrogen-bond donors (Lipinski definition) is 0. The third-order valence-electron chi connectivity index (χ3n) is 4.44. The van der Waals surface area contributed by atoms with Gasteiger partial charge in [-0.15, -0.1) is 11.6 Å². The van der Waals surface area contributed by atoms with Gasteiger partial charge in [-0.3, -0.25) is 0 Å². The lowest BCUT2D eigenvalue weighted by Crippen LogP contribution is -2.32. The van der Waals surface area contributed by atoms with Crippen molar-refractivity contribution in [1.29, 1.82) is 0 Å². The molecule has 1 unspecified atom stereocenters. The summed E-state index contributed by atoms with van der Waals surface area (Å²) < 4.78 is 33.0. The zero-order valence-electron chi connectivity index (χ0n) is 13.0. The molecule has 21 heavy (non-hydrogen) atoms. The molecular weight excluding hydrogens is 310 g/mol. The predicted molar refractivity (Wildman–Crippen MR) is 84.1 cm³/mol. The fourth-order valence-electron chi connectivity index (χ4n) is 3.12. The van der Waals surface area contributed by atoms with Crippen molar-refractivity contribution in [3.05, 3.63) is 17.1 Å². The van der Waals surface area contributed by atoms with Crippen molar-refractivity contribution in [2.24, 2.45) is 5.92 Å². The van der Waals surface area contributed by atoms with E-state index in [0.717, 1.165) is 25.7 Å². The van der Waals surface area contributed by atoms with E-state index in [-0.39, 0.29) is 10.8 Å². The second kappa shape index (κ2) is 6.71. The topological polar surface area (TPSA) is 50.5 Å². The van der Waals surface area contributed by atoms with Crippen LogP contribution in [0.15, 0.2) is 9.31 Å². The fourth-order valence-corrected chi connectivity index (χ4v) is 5.43. The Bertz CT molecular complexity index is 594. The summed E-state index contributed by atoms with van der Waals surface area (Å²) in [5, 5.41) is 0. The van der Waals surface area contributed by atoms with Crippen LogP contribution in [0.1, 0.15) is 49.7 Å². The van der Waals surface area contributed by atoms with Gasteiger partial charge in [0.25, 0.3) is 0 Å². The second-order valence-electron chi connectivity index (χ2n) is 5.77. The van der Waals surface area contributed by atoms with Crippen LogP contribution >= 0.6 is 11.6 Å². The van der Waals surface area contributed by atoms with Gasteiger partial charge in [-0.2, -0.15) is 4.31 Å². The number of alkyl halides is 1. The summed E-state index contributed by atoms with van der Waals surface area (Å²) in [6.45, 7) is 6.81. The van der Waals surface area contributed by atoms with Crippen LogP contribution < -0.4 is 0 Å². The number of furan rings is 1. The van der Waals surface area contributed by atoms with Crippen LogP contribution in [0, 0.1) is 19.8 Å². The SMILES string of the molecule is CCC1CCCN(S(=O)(=O)c2c(C)oc(C)c2CCl)CC1. The van der Waals surface area contributed by atoms with Gasteiger partial charge in [0, 0.05) is 18.7 Å². The van der Waals surface area contributed by atoms with Crippen LogP contribution in [0.3, 0.4) is 0 Å². The van der Waals surface area contributed by atoms with E-state index < -0.39 is 10.0 Å². The third kappa shape index (κ3) is 3.30. The number of aryl methyl sites for hydroxylation is 2. The standard InChI is InChI=1S/C15H24ClNO3S/c1-4-13-6-5-8-17(9-7-13)21(18,19)15-12(3)20-11(2)14(15)10-16/h13H,4-10H2,1-3H3. The maximum atomic E-state index is 13.0. The van der Waals surface area contributed by atoms with E-state index in [1.807, 2.05) is 0 Å². The van der Waals surface area contributed by atoms with Gasteiger partial charge in [0.05, 0.1) is 5.88 Å². The second-order valence-corrected chi connectivity index (χ2v) is 7.91. The minimum Gasteiger partial charge on any atom is -0.465 e. The highest BCUT2D eigenvalue weighted by Gasteiger charge is 2.33. The summed E-state index contributed by atoms with van der Waals surface area (Å²) in [7, 11) is -3.51. The lowest BCUT2D eigenvalue weighted by atomic mass is 9.98. The Morgan fingerprint density at radius 1 is 1.24 bits per heavy atom. The van der Waals surface area contributed by atoms with Crippen LogP contribution in [-0.2, 0) is 15.9 Å². The van der Waals surface area contributed by atoms with E-state index in [1.165, 1.54) is 0 Å². The van der Waals surface area contributed by atoms with Crippen LogP contribution in [0.4, 0.5) is 0 Å². The van der Waals surface area contributed by atoms with Gasteiger partial charge in [-0.1, -0.05) is 13.3 Å². The maximum absolute atomic E-state index is 13.0. The van der Waals surface area contributed by atoms with E-state index >= 15 is 0 Å². The van der Waals surface area contributed by atoms with Crippen LogP contribution in [0.25, 0.3) is 0 Å². The average Bonchev–Trinajstić information content (AvgIpc) is 2.63. The van der Waals surface area contributed by atoms with Gasteiger partial charge in [-0.05, 0) is 39.0 Å². The first kappa shape index (κ1) is 16.8. The Balaban J connectivity index is 2.34. The molecule has 2 rings (SSSR count). The van der Waals surface area contributed by atoms with E-state index in [4.69, 9.17) is 16.0 Å². The molecule has 6 heteroatoms. The van der Waals surface area contributed by atoms with E-state index in [1.54, 1.807) is 18.2 Å². The Morgan fingerprint density at radius 3 is 2.57 bits per heavy atom. The quantitative estimate of drug-likeness (QED) is 0.787. The summed E-state index contributed by atoms with van der Waals surface area (Å²) in [5.74, 6) is 1.83. The lowest BCUT2D eigenvalue weighted by molar-refractivity contribution is 0.405. The lowest BCUT2D eigenvalue weighted by Gasteiger charge is -2.20. The first-order valence-electron chi connectivity index (χ1n) is 7.56. The predicted octanol–water partition coefficient (Wildman–Crippen LogP) is 3.84. The zero-order chi connectivity index (χ0) is 15.6. The molecule has 1 saturated heterocycles. The Labute approximate surface area is 132 Å². The molecule has 0 aromatic carbocycles. The van der Waals surface area contributed by atoms with Crippen LogP contribution in [0.5, 0.6) is 0 Å². The Hall–Kier alpha value is -0.520. The molecule has 0 N–H and O–H groups in total. The molecule has 1 fully saturated rings. The summed E-state index contributed by atoms with van der Waals surface area (Å²) in [6.07, 6.45) is 4.07. The van der Waals surface area contributed by atoms with Gasteiger partial charge in [-0.25, -0.2) is 8.42 Å². The van der Waals surface area contributed by atoms with Gasteiger partial charge < -0.3 is 4.42 Å². The molecule has 0 saturated carbocycles. The zero-order valence-corrected chi connectivity index (χ0v) is 14.6. The van der Waals surface area contributed by atoms with Gasteiger partial charge in [0.2, 0.25) is 10.0 Å². The van der Waals surface area contributed by atoms with Gasteiger partial charge >= 0.3 is 0 Å². The van der Waals surface area contributed by atoms with Crippen molar-refractivity contribution in [2.45, 2.75) is 57.2 Å². The molecular formula is C15H24ClNO3S. The molecule has 1 aromatic rings. The number of hydrogen-bond acceptors (Lipinski definition) is 3. The third-order valence-corrected chi connectivity index (χ3v) is 6.80. The Morgan fingerprint density at radius 2 is 1.95 bits per heavy atom. The molecule has 0 radical (unpaired) electrons. The van der Waals surface area contributed by atoms with Crippen molar-refractivity contribution in [3.8, 4) is 0 Å². The smallest absolute Gasteiger partial charge is 0.246 e. The summed E-state index contributed by atoms with van der Waals surface area (Å²) in [6, 6.07) is 0. The Kier molecular flexibility index (Phi) is 5.38. The molecule has 4 nitrogen and oxygen atoms in total. The minimum absolute atomic E-state index is 0.156. The molecule has 2 heterocycles. The molecule has 1 aliphatic heterocycles. The van der Waals surface area contributed by atoms with Crippen molar-refractivity contribution < 1.29 is 12.8 Å². The first-order valence-corrected chi connectivity index (χ1v) is 9.54. The minimum atomic E-state index is -3.51. The first-order chi connectivity index (χ1) is 9.91. The van der Waals surface area contributed by atoms with E-state index in [2.05, 4.69) is 6.92 Å². The van der Waals surface area contributed by atoms with E-state index in [0.29, 0.717) is 36.1 Å². The largest absolute Gasteiger partial charge is 0.465 e. The van der Waals surface area contributed by atoms with Crippen LogP contribution in [-0.4, -0.2) is 25.8 Å². The molecule has 120 valence electrons. The van der Waals surface area contributed by atoms with E-state index in [9.17, 15) is 8.42 Å². The number of halogens is 1. The molecule has 1 aromatic heterocycles. The number of sulfonamides is 1. The molecule has 0 amide bonds. The number of rotatable bonds is 4. The highest BCUT2D eigenvalue weighted by atomic mass is 35.5. The summed E-state index contributed by atoms with van der Waals surface area (Å²) in [4.78, 5) is 0.282. The molecule has 0 aliphatic carbocycles. The number of nitrogens with zero attached hydrogens (tertiary/aromatic N) is 1. The van der Waals surface area contributed by atoms with Gasteiger partial charge in [0.15, 0.2) is 0 Å². The monoisotopic (exact) mass is 333 g/mol. The fraction of sp³-hybridized carbons (Fsp3) is 0.733. The van der Waals surface area contributed by atoms with Crippen molar-refractivity contribution >= 4 is 21.6 Å². The molecule has 0 bridgehead atoms. The van der Waals surface area contributed by atoms with Crippen molar-refractivity contribution in [2.75, 3.05) is 13.1 Å². The summed E-state index contributed by atoms with van der Waals surface area (Å²) in [5.41, 5.74) is 0.602. The maximum Gasteiger partial charge on any atom is 0.246 e. The van der Waals surface area contributed by atoms with Crippen molar-refractivity contribution in [3.63, 3.8) is 0 Å². The highest BCUT2D eigenvalue weighted by molar-refractivity contribution is 7.89. The highest BCUT2D eigenvalue weighted by Crippen LogP contribution is 2.32. The van der Waals surface area contributed by atoms with Crippen molar-refractivity contribution in [1.82, 2.24) is 4.31 Å². The molecule has 1 atom stereocenters. The van der Waals surface area contributed by atoms with Gasteiger partial charge in [0.1, 0.15) is 16.4 Å². The van der Waals surface area contributed by atoms with Crippen LogP contribution in [0.2, 0.25) is 0 Å². The normalized spacial score (nSPS) is 21.4.